The average molecular weight is 272 g/mol. The normalized spacial score (nSPS) is 10.9. The topological polar surface area (TPSA) is 44.5 Å². The Morgan fingerprint density at radius 1 is 1.22 bits per heavy atom. The first kappa shape index (κ1) is 15.3. The Kier molecular flexibility index (Phi) is 7.09. The van der Waals surface area contributed by atoms with Gasteiger partial charge >= 0.3 is 0 Å². The minimum atomic E-state index is 0.484. The SMILES string of the molecule is CC(C)CCOCCOc1ccc(CN)cc1Cl. The molecular weight excluding hydrogens is 250 g/mol. The van der Waals surface area contributed by atoms with E-state index < -0.39 is 0 Å². The van der Waals surface area contributed by atoms with E-state index in [1.165, 1.54) is 0 Å². The Bertz CT molecular complexity index is 356. The molecule has 1 rings (SSSR count). The van der Waals surface area contributed by atoms with Crippen molar-refractivity contribution >= 4 is 11.6 Å². The highest BCUT2D eigenvalue weighted by molar-refractivity contribution is 6.32. The number of rotatable bonds is 8. The summed E-state index contributed by atoms with van der Waals surface area (Å²) in [5, 5.41) is 0.597. The minimum absolute atomic E-state index is 0.484. The molecule has 1 aromatic rings. The molecule has 3 nitrogen and oxygen atoms in total. The molecular formula is C14H22ClNO2. The van der Waals surface area contributed by atoms with E-state index in [0.717, 1.165) is 18.6 Å². The van der Waals surface area contributed by atoms with Crippen molar-refractivity contribution in [3.63, 3.8) is 0 Å². The van der Waals surface area contributed by atoms with E-state index in [-0.39, 0.29) is 0 Å². The molecule has 0 unspecified atom stereocenters. The van der Waals surface area contributed by atoms with Gasteiger partial charge in [-0.15, -0.1) is 0 Å². The number of nitrogens with two attached hydrogens (primary N) is 1. The summed E-state index contributed by atoms with van der Waals surface area (Å²) in [5.74, 6) is 1.35. The van der Waals surface area contributed by atoms with Crippen LogP contribution >= 0.6 is 11.6 Å². The molecule has 18 heavy (non-hydrogen) atoms. The molecule has 0 bridgehead atoms. The van der Waals surface area contributed by atoms with Crippen molar-refractivity contribution < 1.29 is 9.47 Å². The lowest BCUT2D eigenvalue weighted by Gasteiger charge is -2.10. The first-order valence-electron chi connectivity index (χ1n) is 6.32. The Morgan fingerprint density at radius 3 is 2.61 bits per heavy atom. The van der Waals surface area contributed by atoms with Crippen LogP contribution in [-0.2, 0) is 11.3 Å². The van der Waals surface area contributed by atoms with E-state index in [4.69, 9.17) is 26.8 Å². The van der Waals surface area contributed by atoms with Gasteiger partial charge in [-0.2, -0.15) is 0 Å². The van der Waals surface area contributed by atoms with Gasteiger partial charge in [-0.1, -0.05) is 31.5 Å². The van der Waals surface area contributed by atoms with Crippen LogP contribution in [0.1, 0.15) is 25.8 Å². The van der Waals surface area contributed by atoms with Crippen molar-refractivity contribution in [2.75, 3.05) is 19.8 Å². The molecule has 4 heteroatoms. The molecule has 2 N–H and O–H groups in total. The largest absolute Gasteiger partial charge is 0.490 e. The molecule has 0 heterocycles. The van der Waals surface area contributed by atoms with Gasteiger partial charge in [0.1, 0.15) is 12.4 Å². The van der Waals surface area contributed by atoms with Gasteiger partial charge in [-0.25, -0.2) is 0 Å². The quantitative estimate of drug-likeness (QED) is 0.738. The van der Waals surface area contributed by atoms with Crippen LogP contribution in [0.25, 0.3) is 0 Å². The highest BCUT2D eigenvalue weighted by atomic mass is 35.5. The highest BCUT2D eigenvalue weighted by Crippen LogP contribution is 2.25. The molecule has 0 spiro atoms. The predicted octanol–water partition coefficient (Wildman–Crippen LogP) is 3.24. The summed E-state index contributed by atoms with van der Waals surface area (Å²) in [6.07, 6.45) is 1.08. The van der Waals surface area contributed by atoms with Gasteiger partial charge in [0, 0.05) is 13.2 Å². The maximum Gasteiger partial charge on any atom is 0.138 e. The fraction of sp³-hybridized carbons (Fsp3) is 0.571. The third-order valence-corrected chi connectivity index (χ3v) is 2.85. The molecule has 0 aliphatic rings. The second-order valence-corrected chi connectivity index (χ2v) is 5.02. The van der Waals surface area contributed by atoms with Crippen molar-refractivity contribution in [2.24, 2.45) is 11.7 Å². The van der Waals surface area contributed by atoms with Gasteiger partial charge in [0.05, 0.1) is 11.6 Å². The van der Waals surface area contributed by atoms with Gasteiger partial charge < -0.3 is 15.2 Å². The van der Waals surface area contributed by atoms with Crippen LogP contribution < -0.4 is 10.5 Å². The molecule has 0 aromatic heterocycles. The summed E-state index contributed by atoms with van der Waals surface area (Å²) in [6, 6.07) is 5.59. The lowest BCUT2D eigenvalue weighted by Crippen LogP contribution is -2.09. The van der Waals surface area contributed by atoms with Gasteiger partial charge in [-0.3, -0.25) is 0 Å². The zero-order valence-corrected chi connectivity index (χ0v) is 11.9. The van der Waals surface area contributed by atoms with E-state index in [2.05, 4.69) is 13.8 Å². The van der Waals surface area contributed by atoms with Gasteiger partial charge in [0.15, 0.2) is 0 Å². The van der Waals surface area contributed by atoms with Gasteiger partial charge in [0.25, 0.3) is 0 Å². The number of halogens is 1. The summed E-state index contributed by atoms with van der Waals surface area (Å²) < 4.78 is 11.0. The summed E-state index contributed by atoms with van der Waals surface area (Å²) in [5.41, 5.74) is 6.53. The van der Waals surface area contributed by atoms with Crippen LogP contribution in [0.2, 0.25) is 5.02 Å². The van der Waals surface area contributed by atoms with E-state index in [1.807, 2.05) is 18.2 Å². The molecule has 102 valence electrons. The maximum atomic E-state index is 6.07. The molecule has 0 aliphatic heterocycles. The molecule has 0 amide bonds. The van der Waals surface area contributed by atoms with Crippen molar-refractivity contribution in [1.82, 2.24) is 0 Å². The summed E-state index contributed by atoms with van der Waals surface area (Å²) >= 11 is 6.07. The lowest BCUT2D eigenvalue weighted by atomic mass is 10.1. The molecule has 0 saturated carbocycles. The summed E-state index contributed by atoms with van der Waals surface area (Å²) in [7, 11) is 0. The van der Waals surface area contributed by atoms with Crippen LogP contribution in [0.5, 0.6) is 5.75 Å². The van der Waals surface area contributed by atoms with Crippen LogP contribution in [0.15, 0.2) is 18.2 Å². The van der Waals surface area contributed by atoms with Gasteiger partial charge in [-0.05, 0) is 30.0 Å². The van der Waals surface area contributed by atoms with Crippen LogP contribution in [0.3, 0.4) is 0 Å². The van der Waals surface area contributed by atoms with Crippen molar-refractivity contribution in [3.05, 3.63) is 28.8 Å². The Balaban J connectivity index is 2.23. The molecule has 0 aliphatic carbocycles. The van der Waals surface area contributed by atoms with E-state index in [1.54, 1.807) is 0 Å². The van der Waals surface area contributed by atoms with Gasteiger partial charge in [0.2, 0.25) is 0 Å². The molecule has 0 atom stereocenters. The Hall–Kier alpha value is -0.770. The first-order chi connectivity index (χ1) is 8.63. The number of benzene rings is 1. The smallest absolute Gasteiger partial charge is 0.138 e. The zero-order valence-electron chi connectivity index (χ0n) is 11.1. The Morgan fingerprint density at radius 2 is 2.00 bits per heavy atom. The van der Waals surface area contributed by atoms with Crippen LogP contribution in [0, 0.1) is 5.92 Å². The summed E-state index contributed by atoms with van der Waals surface area (Å²) in [6.45, 7) is 6.72. The summed E-state index contributed by atoms with van der Waals surface area (Å²) in [4.78, 5) is 0. The minimum Gasteiger partial charge on any atom is -0.490 e. The zero-order chi connectivity index (χ0) is 13.4. The average Bonchev–Trinajstić information content (AvgIpc) is 2.34. The third-order valence-electron chi connectivity index (χ3n) is 2.56. The van der Waals surface area contributed by atoms with E-state index >= 15 is 0 Å². The second-order valence-electron chi connectivity index (χ2n) is 4.61. The predicted molar refractivity (Wildman–Crippen MR) is 75.1 cm³/mol. The number of hydrogen-bond donors (Lipinski definition) is 1. The van der Waals surface area contributed by atoms with Crippen molar-refractivity contribution in [3.8, 4) is 5.75 Å². The lowest BCUT2D eigenvalue weighted by molar-refractivity contribution is 0.0926. The highest BCUT2D eigenvalue weighted by Gasteiger charge is 2.02. The number of ether oxygens (including phenoxy) is 2. The standard InChI is InChI=1S/C14H22ClNO2/c1-11(2)5-6-17-7-8-18-14-4-3-12(10-16)9-13(14)15/h3-4,9,11H,5-8,10,16H2,1-2H3. The maximum absolute atomic E-state index is 6.07. The van der Waals surface area contributed by atoms with Crippen molar-refractivity contribution in [2.45, 2.75) is 26.8 Å². The molecule has 0 saturated heterocycles. The van der Waals surface area contributed by atoms with Crippen LogP contribution in [-0.4, -0.2) is 19.8 Å². The first-order valence-corrected chi connectivity index (χ1v) is 6.70. The number of hydrogen-bond acceptors (Lipinski definition) is 3. The fourth-order valence-electron chi connectivity index (χ4n) is 1.42. The monoisotopic (exact) mass is 271 g/mol. The molecule has 0 fully saturated rings. The van der Waals surface area contributed by atoms with Crippen LogP contribution in [0.4, 0.5) is 0 Å². The molecule has 1 aromatic carbocycles. The molecule has 0 radical (unpaired) electrons. The van der Waals surface area contributed by atoms with E-state index in [9.17, 15) is 0 Å². The second kappa shape index (κ2) is 8.35. The third kappa shape index (κ3) is 5.71. The fourth-order valence-corrected chi connectivity index (χ4v) is 1.68. The Labute approximate surface area is 114 Å². The van der Waals surface area contributed by atoms with E-state index in [0.29, 0.717) is 36.4 Å². The van der Waals surface area contributed by atoms with Crippen molar-refractivity contribution in [1.29, 1.82) is 0 Å².